The summed E-state index contributed by atoms with van der Waals surface area (Å²) in [6.07, 6.45) is 4.55. The van der Waals surface area contributed by atoms with Gasteiger partial charge in [-0.05, 0) is 36.7 Å². The van der Waals surface area contributed by atoms with Crippen molar-refractivity contribution >= 4 is 0 Å². The Hall–Kier alpha value is -1.95. The molecule has 1 aromatic carbocycles. The van der Waals surface area contributed by atoms with Gasteiger partial charge in [-0.1, -0.05) is 12.1 Å². The van der Waals surface area contributed by atoms with Crippen molar-refractivity contribution in [3.05, 3.63) is 47.8 Å². The Morgan fingerprint density at radius 1 is 1.30 bits per heavy atom. The number of halogens is 2. The van der Waals surface area contributed by atoms with E-state index in [9.17, 15) is 8.78 Å². The first-order valence-corrected chi connectivity index (χ1v) is 6.28. The van der Waals surface area contributed by atoms with Crippen LogP contribution < -0.4 is 10.1 Å². The summed E-state index contributed by atoms with van der Waals surface area (Å²) in [6.45, 7) is -2.80. The third-order valence-corrected chi connectivity index (χ3v) is 3.05. The number of ether oxygens (including phenoxy) is 1. The highest BCUT2D eigenvalue weighted by molar-refractivity contribution is 5.30. The Kier molecular flexibility index (Phi) is 4.68. The Balaban J connectivity index is 2.07. The molecule has 0 aliphatic heterocycles. The van der Waals surface area contributed by atoms with Gasteiger partial charge in [-0.3, -0.25) is 4.68 Å². The summed E-state index contributed by atoms with van der Waals surface area (Å²) in [7, 11) is 3.74. The van der Waals surface area contributed by atoms with Crippen LogP contribution in [0.25, 0.3) is 0 Å². The van der Waals surface area contributed by atoms with E-state index >= 15 is 0 Å². The molecule has 108 valence electrons. The van der Waals surface area contributed by atoms with Gasteiger partial charge in [-0.15, -0.1) is 0 Å². The monoisotopic (exact) mass is 281 g/mol. The summed E-state index contributed by atoms with van der Waals surface area (Å²) < 4.78 is 30.3. The average molecular weight is 281 g/mol. The van der Waals surface area contributed by atoms with Crippen LogP contribution in [0.2, 0.25) is 0 Å². The van der Waals surface area contributed by atoms with Crippen molar-refractivity contribution in [3.63, 3.8) is 0 Å². The molecule has 0 saturated carbocycles. The SMILES string of the molecule is CNC(Cc1cnn(C)c1)c1ccc(OC(F)F)cc1. The second kappa shape index (κ2) is 6.47. The standard InChI is InChI=1S/C14H17F2N3O/c1-17-13(7-10-8-18-19(2)9-10)11-3-5-12(6-4-11)20-14(15)16/h3-6,8-9,13-14,17H,7H2,1-2H3. The molecular formula is C14H17F2N3O. The van der Waals surface area contributed by atoms with Crippen molar-refractivity contribution in [2.45, 2.75) is 19.1 Å². The third-order valence-electron chi connectivity index (χ3n) is 3.05. The van der Waals surface area contributed by atoms with Crippen LogP contribution in [0.5, 0.6) is 5.75 Å². The van der Waals surface area contributed by atoms with Crippen LogP contribution in [-0.4, -0.2) is 23.4 Å². The first-order chi connectivity index (χ1) is 9.58. The maximum Gasteiger partial charge on any atom is 0.387 e. The fourth-order valence-electron chi connectivity index (χ4n) is 2.08. The Morgan fingerprint density at radius 3 is 2.50 bits per heavy atom. The van der Waals surface area contributed by atoms with Crippen molar-refractivity contribution in [2.24, 2.45) is 7.05 Å². The number of benzene rings is 1. The first kappa shape index (κ1) is 14.5. The van der Waals surface area contributed by atoms with E-state index < -0.39 is 6.61 Å². The van der Waals surface area contributed by atoms with E-state index in [1.807, 2.05) is 26.5 Å². The highest BCUT2D eigenvalue weighted by atomic mass is 19.3. The maximum absolute atomic E-state index is 12.1. The molecule has 0 spiro atoms. The quantitative estimate of drug-likeness (QED) is 0.884. The van der Waals surface area contributed by atoms with Gasteiger partial charge in [-0.25, -0.2) is 0 Å². The van der Waals surface area contributed by atoms with E-state index in [-0.39, 0.29) is 11.8 Å². The Bertz CT molecular complexity index is 540. The van der Waals surface area contributed by atoms with Gasteiger partial charge in [0.25, 0.3) is 0 Å². The molecule has 2 rings (SSSR count). The predicted molar refractivity (Wildman–Crippen MR) is 71.8 cm³/mol. The van der Waals surface area contributed by atoms with Gasteiger partial charge in [-0.2, -0.15) is 13.9 Å². The summed E-state index contributed by atoms with van der Waals surface area (Å²) in [6, 6.07) is 6.77. The lowest BCUT2D eigenvalue weighted by molar-refractivity contribution is -0.0498. The van der Waals surface area contributed by atoms with E-state index in [2.05, 4.69) is 15.2 Å². The molecular weight excluding hydrogens is 264 g/mol. The van der Waals surface area contributed by atoms with Crippen LogP contribution in [0.4, 0.5) is 8.78 Å². The van der Waals surface area contributed by atoms with Gasteiger partial charge in [0.15, 0.2) is 0 Å². The van der Waals surface area contributed by atoms with Crippen LogP contribution in [0.3, 0.4) is 0 Å². The van der Waals surface area contributed by atoms with E-state index in [1.54, 1.807) is 28.9 Å². The summed E-state index contributed by atoms with van der Waals surface area (Å²) in [5.41, 5.74) is 2.12. The number of nitrogens with one attached hydrogen (secondary N) is 1. The normalized spacial score (nSPS) is 12.7. The number of hydrogen-bond acceptors (Lipinski definition) is 3. The number of nitrogens with zero attached hydrogens (tertiary/aromatic N) is 2. The Labute approximate surface area is 116 Å². The van der Waals surface area contributed by atoms with Crippen LogP contribution in [0, 0.1) is 0 Å². The van der Waals surface area contributed by atoms with Crippen LogP contribution in [-0.2, 0) is 13.5 Å². The van der Waals surface area contributed by atoms with Crippen molar-refractivity contribution in [1.82, 2.24) is 15.1 Å². The second-order valence-electron chi connectivity index (χ2n) is 4.52. The van der Waals surface area contributed by atoms with Gasteiger partial charge in [0.05, 0.1) is 6.20 Å². The number of alkyl halides is 2. The largest absolute Gasteiger partial charge is 0.435 e. The van der Waals surface area contributed by atoms with E-state index in [4.69, 9.17) is 0 Å². The average Bonchev–Trinajstić information content (AvgIpc) is 2.82. The summed E-state index contributed by atoms with van der Waals surface area (Å²) >= 11 is 0. The fraction of sp³-hybridized carbons (Fsp3) is 0.357. The van der Waals surface area contributed by atoms with Crippen molar-refractivity contribution in [3.8, 4) is 5.75 Å². The minimum absolute atomic E-state index is 0.0970. The maximum atomic E-state index is 12.1. The van der Waals surface area contributed by atoms with E-state index in [1.165, 1.54) is 0 Å². The zero-order valence-corrected chi connectivity index (χ0v) is 11.4. The van der Waals surface area contributed by atoms with E-state index in [0.29, 0.717) is 0 Å². The molecule has 1 N–H and O–H groups in total. The van der Waals surface area contributed by atoms with Crippen molar-refractivity contribution in [2.75, 3.05) is 7.05 Å². The molecule has 0 radical (unpaired) electrons. The zero-order chi connectivity index (χ0) is 14.5. The molecule has 1 aromatic heterocycles. The smallest absolute Gasteiger partial charge is 0.387 e. The minimum atomic E-state index is -2.80. The molecule has 2 aromatic rings. The second-order valence-corrected chi connectivity index (χ2v) is 4.52. The summed E-state index contributed by atoms with van der Waals surface area (Å²) in [5, 5.41) is 7.34. The number of aromatic nitrogens is 2. The third kappa shape index (κ3) is 3.77. The lowest BCUT2D eigenvalue weighted by Gasteiger charge is -2.16. The molecule has 0 fully saturated rings. The molecule has 1 atom stereocenters. The highest BCUT2D eigenvalue weighted by Gasteiger charge is 2.12. The Morgan fingerprint density at radius 2 is 2.00 bits per heavy atom. The van der Waals surface area contributed by atoms with Crippen LogP contribution in [0.15, 0.2) is 36.7 Å². The van der Waals surface area contributed by atoms with Crippen LogP contribution in [0.1, 0.15) is 17.2 Å². The molecule has 0 amide bonds. The molecule has 6 heteroatoms. The summed E-state index contributed by atoms with van der Waals surface area (Å²) in [4.78, 5) is 0. The minimum Gasteiger partial charge on any atom is -0.435 e. The van der Waals surface area contributed by atoms with E-state index in [0.717, 1.165) is 17.5 Å². The zero-order valence-electron chi connectivity index (χ0n) is 11.4. The highest BCUT2D eigenvalue weighted by Crippen LogP contribution is 2.21. The van der Waals surface area contributed by atoms with Crippen LogP contribution >= 0.6 is 0 Å². The van der Waals surface area contributed by atoms with Gasteiger partial charge in [0.2, 0.25) is 0 Å². The number of rotatable bonds is 6. The molecule has 0 bridgehead atoms. The molecule has 1 heterocycles. The lowest BCUT2D eigenvalue weighted by atomic mass is 10.0. The predicted octanol–water partition coefficient (Wildman–Crippen LogP) is 2.52. The van der Waals surface area contributed by atoms with Crippen molar-refractivity contribution in [1.29, 1.82) is 0 Å². The van der Waals surface area contributed by atoms with Gasteiger partial charge >= 0.3 is 6.61 Å². The van der Waals surface area contributed by atoms with Crippen molar-refractivity contribution < 1.29 is 13.5 Å². The van der Waals surface area contributed by atoms with Gasteiger partial charge in [0, 0.05) is 19.3 Å². The fourth-order valence-corrected chi connectivity index (χ4v) is 2.08. The molecule has 1 unspecified atom stereocenters. The summed E-state index contributed by atoms with van der Waals surface area (Å²) in [5.74, 6) is 0.167. The molecule has 0 aliphatic rings. The molecule has 4 nitrogen and oxygen atoms in total. The molecule has 0 saturated heterocycles. The number of aryl methyl sites for hydroxylation is 1. The first-order valence-electron chi connectivity index (χ1n) is 6.28. The number of likely N-dealkylation sites (N-methyl/N-ethyl adjacent to an activating group) is 1. The topological polar surface area (TPSA) is 39.1 Å². The lowest BCUT2D eigenvalue weighted by Crippen LogP contribution is -2.18. The molecule has 0 aliphatic carbocycles. The van der Waals surface area contributed by atoms with Gasteiger partial charge in [0.1, 0.15) is 5.75 Å². The molecule has 20 heavy (non-hydrogen) atoms. The number of hydrogen-bond donors (Lipinski definition) is 1. The van der Waals surface area contributed by atoms with Gasteiger partial charge < -0.3 is 10.1 Å².